The first-order valence-electron chi connectivity index (χ1n) is 5.36. The number of aryl methyl sites for hydroxylation is 1. The molecular weight excluding hydrogens is 174 g/mol. The van der Waals surface area contributed by atoms with E-state index in [1.165, 1.54) is 5.56 Å². The fraction of sp³-hybridized carbons (Fsp3) is 0.727. The van der Waals surface area contributed by atoms with Gasteiger partial charge < -0.3 is 5.32 Å². The molecule has 0 aliphatic heterocycles. The third-order valence-corrected chi connectivity index (χ3v) is 2.88. The molecule has 0 amide bonds. The minimum Gasteiger partial charge on any atom is -0.317 e. The quantitative estimate of drug-likeness (QED) is 0.775. The molecule has 0 saturated carbocycles. The second kappa shape index (κ2) is 5.15. The van der Waals surface area contributed by atoms with E-state index in [4.69, 9.17) is 0 Å². The standard InChI is InChI=1S/C11H21N3/c1-5-14-8-11(7-13-14)6-9(2)10(3)12-4/h7-10,12H,5-6H2,1-4H3. The van der Waals surface area contributed by atoms with Gasteiger partial charge in [0.25, 0.3) is 0 Å². The number of nitrogens with zero attached hydrogens (tertiary/aromatic N) is 2. The van der Waals surface area contributed by atoms with Crippen LogP contribution in [0.1, 0.15) is 26.3 Å². The van der Waals surface area contributed by atoms with Crippen LogP contribution in [-0.4, -0.2) is 22.9 Å². The Hall–Kier alpha value is -0.830. The predicted molar refractivity (Wildman–Crippen MR) is 59.3 cm³/mol. The maximum Gasteiger partial charge on any atom is 0.0521 e. The molecule has 1 N–H and O–H groups in total. The maximum atomic E-state index is 4.27. The van der Waals surface area contributed by atoms with E-state index >= 15 is 0 Å². The van der Waals surface area contributed by atoms with Crippen molar-refractivity contribution in [1.29, 1.82) is 0 Å². The molecule has 2 atom stereocenters. The zero-order chi connectivity index (χ0) is 10.6. The number of rotatable bonds is 5. The summed E-state index contributed by atoms with van der Waals surface area (Å²) in [5.74, 6) is 0.648. The summed E-state index contributed by atoms with van der Waals surface area (Å²) in [6.45, 7) is 7.55. The zero-order valence-electron chi connectivity index (χ0n) is 9.62. The lowest BCUT2D eigenvalue weighted by atomic mass is 9.97. The monoisotopic (exact) mass is 195 g/mol. The summed E-state index contributed by atoms with van der Waals surface area (Å²) < 4.78 is 1.98. The van der Waals surface area contributed by atoms with Crippen molar-refractivity contribution in [2.24, 2.45) is 5.92 Å². The van der Waals surface area contributed by atoms with Crippen molar-refractivity contribution >= 4 is 0 Å². The molecule has 0 spiro atoms. The van der Waals surface area contributed by atoms with Crippen LogP contribution in [0.3, 0.4) is 0 Å². The third-order valence-electron chi connectivity index (χ3n) is 2.88. The molecule has 0 fully saturated rings. The van der Waals surface area contributed by atoms with Crippen LogP contribution in [0.4, 0.5) is 0 Å². The molecule has 80 valence electrons. The first-order chi connectivity index (χ1) is 6.67. The Labute approximate surface area is 86.5 Å². The molecule has 3 heteroatoms. The van der Waals surface area contributed by atoms with Crippen molar-refractivity contribution in [2.45, 2.75) is 39.8 Å². The summed E-state index contributed by atoms with van der Waals surface area (Å²) in [6.07, 6.45) is 5.21. The molecule has 0 radical (unpaired) electrons. The Morgan fingerprint density at radius 2 is 2.21 bits per heavy atom. The highest BCUT2D eigenvalue weighted by Gasteiger charge is 2.11. The first-order valence-corrected chi connectivity index (χ1v) is 5.36. The van der Waals surface area contributed by atoms with E-state index in [1.54, 1.807) is 0 Å². The second-order valence-corrected chi connectivity index (χ2v) is 3.96. The summed E-state index contributed by atoms with van der Waals surface area (Å²) in [5.41, 5.74) is 1.33. The molecule has 1 aromatic heterocycles. The number of hydrogen-bond donors (Lipinski definition) is 1. The van der Waals surface area contributed by atoms with Crippen LogP contribution in [0, 0.1) is 5.92 Å². The molecule has 1 rings (SSSR count). The van der Waals surface area contributed by atoms with Gasteiger partial charge in [0, 0.05) is 18.8 Å². The highest BCUT2D eigenvalue weighted by molar-refractivity contribution is 5.05. The lowest BCUT2D eigenvalue weighted by molar-refractivity contribution is 0.424. The van der Waals surface area contributed by atoms with Crippen LogP contribution in [0.5, 0.6) is 0 Å². The van der Waals surface area contributed by atoms with Crippen molar-refractivity contribution in [3.05, 3.63) is 18.0 Å². The van der Waals surface area contributed by atoms with Crippen molar-refractivity contribution in [1.82, 2.24) is 15.1 Å². The average molecular weight is 195 g/mol. The van der Waals surface area contributed by atoms with Crippen LogP contribution >= 0.6 is 0 Å². The number of nitrogens with one attached hydrogen (secondary N) is 1. The average Bonchev–Trinajstić information content (AvgIpc) is 2.64. The van der Waals surface area contributed by atoms with E-state index in [-0.39, 0.29) is 0 Å². The highest BCUT2D eigenvalue weighted by atomic mass is 15.3. The summed E-state index contributed by atoms with van der Waals surface area (Å²) >= 11 is 0. The SMILES string of the molecule is CCn1cc(CC(C)C(C)NC)cn1. The van der Waals surface area contributed by atoms with E-state index < -0.39 is 0 Å². The topological polar surface area (TPSA) is 29.9 Å². The van der Waals surface area contributed by atoms with Crippen molar-refractivity contribution < 1.29 is 0 Å². The fourth-order valence-electron chi connectivity index (χ4n) is 1.52. The van der Waals surface area contributed by atoms with Gasteiger partial charge in [-0.1, -0.05) is 6.92 Å². The zero-order valence-corrected chi connectivity index (χ0v) is 9.62. The maximum absolute atomic E-state index is 4.27. The Kier molecular flexibility index (Phi) is 4.14. The van der Waals surface area contributed by atoms with Gasteiger partial charge in [0.05, 0.1) is 6.20 Å². The first kappa shape index (κ1) is 11.2. The van der Waals surface area contributed by atoms with Gasteiger partial charge in [0.2, 0.25) is 0 Å². The number of aromatic nitrogens is 2. The largest absolute Gasteiger partial charge is 0.317 e. The molecule has 0 aromatic carbocycles. The summed E-state index contributed by atoms with van der Waals surface area (Å²) in [5, 5.41) is 7.55. The third kappa shape index (κ3) is 2.84. The van der Waals surface area contributed by atoms with E-state index in [0.717, 1.165) is 13.0 Å². The van der Waals surface area contributed by atoms with Crippen LogP contribution in [0.2, 0.25) is 0 Å². The van der Waals surface area contributed by atoms with Gasteiger partial charge in [-0.2, -0.15) is 5.10 Å². The van der Waals surface area contributed by atoms with E-state index in [2.05, 4.69) is 37.4 Å². The van der Waals surface area contributed by atoms with Crippen LogP contribution in [0.15, 0.2) is 12.4 Å². The van der Waals surface area contributed by atoms with Crippen LogP contribution in [0.25, 0.3) is 0 Å². The van der Waals surface area contributed by atoms with Gasteiger partial charge in [-0.3, -0.25) is 4.68 Å². The minimum absolute atomic E-state index is 0.556. The second-order valence-electron chi connectivity index (χ2n) is 3.96. The Bertz CT molecular complexity index is 267. The van der Waals surface area contributed by atoms with Gasteiger partial charge in [-0.05, 0) is 38.8 Å². The normalized spacial score (nSPS) is 15.4. The molecular formula is C11H21N3. The van der Waals surface area contributed by atoms with E-state index in [1.807, 2.05) is 17.9 Å². The van der Waals surface area contributed by atoms with Crippen molar-refractivity contribution in [2.75, 3.05) is 7.05 Å². The van der Waals surface area contributed by atoms with Gasteiger partial charge in [0.15, 0.2) is 0 Å². The lowest BCUT2D eigenvalue weighted by Gasteiger charge is -2.18. The lowest BCUT2D eigenvalue weighted by Crippen LogP contribution is -2.29. The van der Waals surface area contributed by atoms with Crippen LogP contribution in [-0.2, 0) is 13.0 Å². The van der Waals surface area contributed by atoms with Crippen molar-refractivity contribution in [3.63, 3.8) is 0 Å². The molecule has 0 aliphatic carbocycles. The summed E-state index contributed by atoms with van der Waals surface area (Å²) in [7, 11) is 2.01. The van der Waals surface area contributed by atoms with Gasteiger partial charge >= 0.3 is 0 Å². The number of hydrogen-bond acceptors (Lipinski definition) is 2. The summed E-state index contributed by atoms with van der Waals surface area (Å²) in [6, 6.07) is 0.556. The smallest absolute Gasteiger partial charge is 0.0521 e. The Morgan fingerprint density at radius 1 is 1.50 bits per heavy atom. The minimum atomic E-state index is 0.556. The van der Waals surface area contributed by atoms with Crippen molar-refractivity contribution in [3.8, 4) is 0 Å². The predicted octanol–water partition coefficient (Wildman–Crippen LogP) is 1.69. The highest BCUT2D eigenvalue weighted by Crippen LogP contribution is 2.11. The van der Waals surface area contributed by atoms with E-state index in [9.17, 15) is 0 Å². The van der Waals surface area contributed by atoms with Gasteiger partial charge in [0.1, 0.15) is 0 Å². The Morgan fingerprint density at radius 3 is 2.71 bits per heavy atom. The molecule has 2 unspecified atom stereocenters. The molecule has 3 nitrogen and oxygen atoms in total. The molecule has 1 heterocycles. The fourth-order valence-corrected chi connectivity index (χ4v) is 1.52. The molecule has 0 bridgehead atoms. The Balaban J connectivity index is 2.51. The van der Waals surface area contributed by atoms with Gasteiger partial charge in [-0.25, -0.2) is 0 Å². The van der Waals surface area contributed by atoms with Gasteiger partial charge in [-0.15, -0.1) is 0 Å². The molecule has 1 aromatic rings. The molecule has 0 aliphatic rings. The molecule has 14 heavy (non-hydrogen) atoms. The molecule has 0 saturated heterocycles. The van der Waals surface area contributed by atoms with E-state index in [0.29, 0.717) is 12.0 Å². The van der Waals surface area contributed by atoms with Crippen LogP contribution < -0.4 is 5.32 Å². The summed E-state index contributed by atoms with van der Waals surface area (Å²) in [4.78, 5) is 0.